The summed E-state index contributed by atoms with van der Waals surface area (Å²) in [5.41, 5.74) is 0. The van der Waals surface area contributed by atoms with Gasteiger partial charge >= 0.3 is 39.5 Å². The maximum atomic E-state index is 13.0. The van der Waals surface area contributed by atoms with E-state index in [1.165, 1.54) is 193 Å². The molecule has 0 spiro atoms. The Kier molecular flexibility index (Phi) is 64.0. The van der Waals surface area contributed by atoms with Crippen LogP contribution in [0.1, 0.15) is 375 Å². The van der Waals surface area contributed by atoms with Crippen LogP contribution in [0.3, 0.4) is 0 Å². The van der Waals surface area contributed by atoms with Crippen molar-refractivity contribution in [3.05, 3.63) is 0 Å². The van der Waals surface area contributed by atoms with E-state index in [0.717, 1.165) is 96.3 Å². The third-order valence-electron chi connectivity index (χ3n) is 16.8. The molecule has 17 nitrogen and oxygen atoms in total. The highest BCUT2D eigenvalue weighted by molar-refractivity contribution is 7.47. The minimum absolute atomic E-state index is 0.104. The van der Waals surface area contributed by atoms with E-state index in [1.807, 2.05) is 0 Å². The maximum Gasteiger partial charge on any atom is 0.472 e. The Morgan fingerprint density at radius 2 is 0.505 bits per heavy atom. The zero-order valence-corrected chi connectivity index (χ0v) is 60.8. The quantitative estimate of drug-likeness (QED) is 0.0222. The Morgan fingerprint density at radius 3 is 0.747 bits per heavy atom. The van der Waals surface area contributed by atoms with Crippen molar-refractivity contribution in [2.75, 3.05) is 39.6 Å². The van der Waals surface area contributed by atoms with Gasteiger partial charge in [0.05, 0.1) is 26.4 Å². The molecule has 0 aliphatic carbocycles. The maximum absolute atomic E-state index is 13.0. The van der Waals surface area contributed by atoms with Crippen LogP contribution in [-0.4, -0.2) is 96.7 Å². The summed E-state index contributed by atoms with van der Waals surface area (Å²) in [5, 5.41) is 10.6. The van der Waals surface area contributed by atoms with E-state index in [2.05, 4.69) is 34.6 Å². The number of hydrogen-bond donors (Lipinski definition) is 3. The van der Waals surface area contributed by atoms with Crippen molar-refractivity contribution in [2.45, 2.75) is 393 Å². The van der Waals surface area contributed by atoms with E-state index in [0.29, 0.717) is 31.6 Å². The second-order valence-electron chi connectivity index (χ2n) is 26.5. The number of hydrogen-bond acceptors (Lipinski definition) is 15. The Labute approximate surface area is 556 Å². The Morgan fingerprint density at radius 1 is 0.297 bits per heavy atom. The van der Waals surface area contributed by atoms with Crippen LogP contribution in [0.4, 0.5) is 0 Å². The van der Waals surface area contributed by atoms with Gasteiger partial charge in [-0.25, -0.2) is 9.13 Å². The fraction of sp³-hybridized carbons (Fsp3) is 0.944. The molecule has 0 aliphatic rings. The summed E-state index contributed by atoms with van der Waals surface area (Å²) < 4.78 is 68.2. The van der Waals surface area contributed by atoms with Gasteiger partial charge in [-0.3, -0.25) is 37.3 Å². The lowest BCUT2D eigenvalue weighted by Gasteiger charge is -2.21. The molecule has 0 aromatic heterocycles. The van der Waals surface area contributed by atoms with Gasteiger partial charge in [-0.1, -0.05) is 324 Å². The van der Waals surface area contributed by atoms with Gasteiger partial charge < -0.3 is 33.8 Å². The fourth-order valence-electron chi connectivity index (χ4n) is 11.0. The Hall–Kier alpha value is -1.94. The molecule has 540 valence electrons. The second-order valence-corrected chi connectivity index (χ2v) is 29.4. The molecule has 0 rings (SSSR count). The standard InChI is InChI=1S/C72H140O17P2/c1-6-9-12-15-18-21-23-25-26-27-28-29-30-31-32-33-35-37-42-47-52-57-71(76)88-67(62-83-70(75)56-51-46-41-36-34-24-22-19-16-13-10-7-2)63-86-90(78,79)84-59-66(73)60-85-91(80,81)87-64-68(61-82-69(74)55-50-45-40-20-17-14-11-8-3)89-72(77)58-53-48-43-38-39-44-49-54-65(4)5/h65-68,73H,6-64H2,1-5H3,(H,78,79)(H,80,81)/t66-,67-,68-/m1/s1. The van der Waals surface area contributed by atoms with Gasteiger partial charge in [0.1, 0.15) is 19.3 Å². The lowest BCUT2D eigenvalue weighted by molar-refractivity contribution is -0.161. The zero-order chi connectivity index (χ0) is 67.0. The third-order valence-corrected chi connectivity index (χ3v) is 18.7. The topological polar surface area (TPSA) is 237 Å². The summed E-state index contributed by atoms with van der Waals surface area (Å²) in [7, 11) is -9.90. The molecule has 0 aromatic rings. The van der Waals surface area contributed by atoms with Crippen molar-refractivity contribution < 1.29 is 80.2 Å². The number of aliphatic hydroxyl groups is 1. The van der Waals surface area contributed by atoms with Crippen LogP contribution < -0.4 is 0 Å². The van der Waals surface area contributed by atoms with Crippen LogP contribution >= 0.6 is 15.6 Å². The number of carbonyl (C=O) groups excluding carboxylic acids is 4. The van der Waals surface area contributed by atoms with E-state index < -0.39 is 97.5 Å². The van der Waals surface area contributed by atoms with Crippen LogP contribution in [0.2, 0.25) is 0 Å². The van der Waals surface area contributed by atoms with Gasteiger partial charge in [-0.2, -0.15) is 0 Å². The molecule has 0 amide bonds. The lowest BCUT2D eigenvalue weighted by atomic mass is 10.0. The normalized spacial score (nSPS) is 14.0. The van der Waals surface area contributed by atoms with Gasteiger partial charge in [0.15, 0.2) is 12.2 Å². The summed E-state index contributed by atoms with van der Waals surface area (Å²) in [6.07, 6.45) is 53.0. The van der Waals surface area contributed by atoms with Crippen molar-refractivity contribution in [1.82, 2.24) is 0 Å². The number of carbonyl (C=O) groups is 4. The van der Waals surface area contributed by atoms with Crippen molar-refractivity contribution in [3.63, 3.8) is 0 Å². The van der Waals surface area contributed by atoms with E-state index in [9.17, 15) is 43.2 Å². The second kappa shape index (κ2) is 65.4. The highest BCUT2D eigenvalue weighted by Crippen LogP contribution is 2.45. The van der Waals surface area contributed by atoms with Crippen LogP contribution in [-0.2, 0) is 65.4 Å². The van der Waals surface area contributed by atoms with E-state index >= 15 is 0 Å². The highest BCUT2D eigenvalue weighted by atomic mass is 31.2. The zero-order valence-electron chi connectivity index (χ0n) is 59.0. The average Bonchev–Trinajstić information content (AvgIpc) is 2.88. The third kappa shape index (κ3) is 66.5. The van der Waals surface area contributed by atoms with Gasteiger partial charge in [-0.05, 0) is 31.6 Å². The molecule has 0 radical (unpaired) electrons. The molecule has 0 saturated heterocycles. The Bertz CT molecular complexity index is 1750. The monoisotopic (exact) mass is 1340 g/mol. The molecule has 0 aliphatic heterocycles. The van der Waals surface area contributed by atoms with Crippen LogP contribution in [0, 0.1) is 5.92 Å². The van der Waals surface area contributed by atoms with Gasteiger partial charge in [0.2, 0.25) is 0 Å². The van der Waals surface area contributed by atoms with Crippen molar-refractivity contribution in [2.24, 2.45) is 5.92 Å². The van der Waals surface area contributed by atoms with Crippen LogP contribution in [0.25, 0.3) is 0 Å². The molecule has 0 heterocycles. The largest absolute Gasteiger partial charge is 0.472 e. The highest BCUT2D eigenvalue weighted by Gasteiger charge is 2.30. The van der Waals surface area contributed by atoms with E-state index in [-0.39, 0.29) is 25.7 Å². The molecular weight excluding hydrogens is 1200 g/mol. The number of rotatable bonds is 72. The molecule has 0 bridgehead atoms. The fourth-order valence-corrected chi connectivity index (χ4v) is 12.6. The van der Waals surface area contributed by atoms with Crippen molar-refractivity contribution >= 4 is 39.5 Å². The molecule has 0 aromatic carbocycles. The first kappa shape index (κ1) is 89.1. The first-order chi connectivity index (χ1) is 44.0. The smallest absolute Gasteiger partial charge is 0.462 e. The van der Waals surface area contributed by atoms with Gasteiger partial charge in [0, 0.05) is 25.7 Å². The molecule has 2 unspecified atom stereocenters. The number of esters is 4. The predicted molar refractivity (Wildman–Crippen MR) is 368 cm³/mol. The first-order valence-corrected chi connectivity index (χ1v) is 40.6. The Balaban J connectivity index is 5.15. The summed E-state index contributed by atoms with van der Waals surface area (Å²) in [5.74, 6) is -1.43. The van der Waals surface area contributed by atoms with Crippen molar-refractivity contribution in [3.8, 4) is 0 Å². The predicted octanol–water partition coefficient (Wildman–Crippen LogP) is 20.9. The first-order valence-electron chi connectivity index (χ1n) is 37.6. The SMILES string of the molecule is CCCCCCCCCCCCCCCCCCCCCCCC(=O)O[C@H](COC(=O)CCCCCCCCCCCCCC)COP(=O)(O)OC[C@@H](O)COP(=O)(O)OC[C@@H](COC(=O)CCCCCCCCCC)OC(=O)CCCCCCCCCC(C)C. The van der Waals surface area contributed by atoms with Crippen molar-refractivity contribution in [1.29, 1.82) is 0 Å². The molecule has 0 saturated carbocycles. The van der Waals surface area contributed by atoms with Gasteiger partial charge in [0.25, 0.3) is 0 Å². The minimum atomic E-state index is -4.95. The molecule has 5 atom stereocenters. The molecule has 3 N–H and O–H groups in total. The summed E-state index contributed by atoms with van der Waals surface area (Å²) in [6.45, 7) is 7.16. The number of aliphatic hydroxyl groups excluding tert-OH is 1. The van der Waals surface area contributed by atoms with E-state index in [1.54, 1.807) is 0 Å². The molecule has 19 heteroatoms. The number of ether oxygens (including phenoxy) is 4. The molecular formula is C72H140O17P2. The summed E-state index contributed by atoms with van der Waals surface area (Å²) >= 11 is 0. The summed E-state index contributed by atoms with van der Waals surface area (Å²) in [6, 6.07) is 0. The van der Waals surface area contributed by atoms with Crippen LogP contribution in [0.15, 0.2) is 0 Å². The van der Waals surface area contributed by atoms with E-state index in [4.69, 9.17) is 37.0 Å². The summed E-state index contributed by atoms with van der Waals surface area (Å²) in [4.78, 5) is 72.5. The number of unbranched alkanes of at least 4 members (excludes halogenated alkanes) is 44. The minimum Gasteiger partial charge on any atom is -0.462 e. The van der Waals surface area contributed by atoms with Crippen LogP contribution in [0.5, 0.6) is 0 Å². The molecule has 91 heavy (non-hydrogen) atoms. The van der Waals surface area contributed by atoms with Gasteiger partial charge in [-0.15, -0.1) is 0 Å². The average molecular weight is 1340 g/mol. The molecule has 0 fully saturated rings. The lowest BCUT2D eigenvalue weighted by Crippen LogP contribution is -2.30. The number of phosphoric acid groups is 2. The number of phosphoric ester groups is 2.